The summed E-state index contributed by atoms with van der Waals surface area (Å²) in [5.41, 5.74) is 2.09. The summed E-state index contributed by atoms with van der Waals surface area (Å²) in [6.45, 7) is 6.65. The van der Waals surface area contributed by atoms with E-state index >= 15 is 0 Å². The molecular weight excluding hydrogens is 388 g/mol. The van der Waals surface area contributed by atoms with E-state index in [2.05, 4.69) is 30.8 Å². The number of hydrogen-bond donors (Lipinski definition) is 2. The molecule has 1 fully saturated rings. The van der Waals surface area contributed by atoms with Crippen LogP contribution in [0, 0.1) is 0 Å². The number of nitrogens with one attached hydrogen (secondary N) is 2. The minimum Gasteiger partial charge on any atom is -0.484 e. The zero-order valence-corrected chi connectivity index (χ0v) is 17.9. The van der Waals surface area contributed by atoms with E-state index in [0.29, 0.717) is 12.3 Å². The minimum absolute atomic E-state index is 0.0682. The molecule has 0 spiro atoms. The summed E-state index contributed by atoms with van der Waals surface area (Å²) in [6, 6.07) is 14.3. The fourth-order valence-corrected chi connectivity index (χ4v) is 4.03. The molecule has 7 heteroatoms. The quantitative estimate of drug-likeness (QED) is 0.692. The molecule has 1 aliphatic rings. The first kappa shape index (κ1) is 21.3. The Kier molecular flexibility index (Phi) is 6.29. The SMILES string of the molecule is CC(C)(C)c1ccc(OCC(=O)NCc2ccc(S(=O)(=O)NC3CC3)cc2)cc1. The number of carbonyl (C=O) groups excluding carboxylic acids is 1. The number of hydrogen-bond acceptors (Lipinski definition) is 4. The van der Waals surface area contributed by atoms with Gasteiger partial charge < -0.3 is 10.1 Å². The predicted octanol–water partition coefficient (Wildman–Crippen LogP) is 3.12. The maximum absolute atomic E-state index is 12.2. The van der Waals surface area contributed by atoms with Crippen LogP contribution in [-0.2, 0) is 26.8 Å². The maximum Gasteiger partial charge on any atom is 0.258 e. The van der Waals surface area contributed by atoms with E-state index in [-0.39, 0.29) is 28.9 Å². The van der Waals surface area contributed by atoms with E-state index in [4.69, 9.17) is 4.74 Å². The van der Waals surface area contributed by atoms with Crippen molar-refractivity contribution < 1.29 is 17.9 Å². The summed E-state index contributed by atoms with van der Waals surface area (Å²) >= 11 is 0. The molecule has 0 aromatic heterocycles. The van der Waals surface area contributed by atoms with Crippen molar-refractivity contribution in [2.24, 2.45) is 0 Å². The van der Waals surface area contributed by atoms with Gasteiger partial charge in [-0.05, 0) is 53.6 Å². The molecule has 1 saturated carbocycles. The van der Waals surface area contributed by atoms with Crippen LogP contribution in [-0.4, -0.2) is 27.0 Å². The Hall–Kier alpha value is -2.38. The van der Waals surface area contributed by atoms with Gasteiger partial charge in [0.25, 0.3) is 5.91 Å². The largest absolute Gasteiger partial charge is 0.484 e. The van der Waals surface area contributed by atoms with Crippen molar-refractivity contribution in [3.8, 4) is 5.75 Å². The maximum atomic E-state index is 12.2. The lowest BCUT2D eigenvalue weighted by Gasteiger charge is -2.19. The van der Waals surface area contributed by atoms with Crippen LogP contribution >= 0.6 is 0 Å². The van der Waals surface area contributed by atoms with Gasteiger partial charge in [-0.15, -0.1) is 0 Å². The number of carbonyl (C=O) groups is 1. The monoisotopic (exact) mass is 416 g/mol. The summed E-state index contributed by atoms with van der Waals surface area (Å²) < 4.78 is 32.5. The van der Waals surface area contributed by atoms with E-state index in [1.165, 1.54) is 5.56 Å². The number of benzene rings is 2. The third-order valence-electron chi connectivity index (χ3n) is 4.71. The fourth-order valence-electron chi connectivity index (χ4n) is 2.73. The molecule has 2 aromatic rings. The van der Waals surface area contributed by atoms with Crippen LogP contribution in [0.25, 0.3) is 0 Å². The van der Waals surface area contributed by atoms with Crippen LogP contribution in [0.1, 0.15) is 44.7 Å². The first-order valence-corrected chi connectivity index (χ1v) is 11.2. The molecule has 2 aromatic carbocycles. The van der Waals surface area contributed by atoms with E-state index in [1.807, 2.05) is 24.3 Å². The van der Waals surface area contributed by atoms with Gasteiger partial charge in [-0.2, -0.15) is 0 Å². The highest BCUT2D eigenvalue weighted by atomic mass is 32.2. The molecule has 0 heterocycles. The highest BCUT2D eigenvalue weighted by Gasteiger charge is 2.27. The highest BCUT2D eigenvalue weighted by molar-refractivity contribution is 7.89. The summed E-state index contributed by atoms with van der Waals surface area (Å²) in [6.07, 6.45) is 1.79. The zero-order valence-electron chi connectivity index (χ0n) is 17.1. The van der Waals surface area contributed by atoms with Gasteiger partial charge in [0.05, 0.1) is 4.90 Å². The van der Waals surface area contributed by atoms with E-state index in [1.54, 1.807) is 24.3 Å². The van der Waals surface area contributed by atoms with Crippen molar-refractivity contribution in [2.45, 2.75) is 56.5 Å². The van der Waals surface area contributed by atoms with Gasteiger partial charge in [-0.25, -0.2) is 13.1 Å². The molecule has 29 heavy (non-hydrogen) atoms. The molecule has 3 rings (SSSR count). The van der Waals surface area contributed by atoms with Crippen molar-refractivity contribution in [3.63, 3.8) is 0 Å². The third kappa shape index (κ3) is 6.30. The molecule has 0 saturated heterocycles. The second-order valence-electron chi connectivity index (χ2n) is 8.38. The molecular formula is C22H28N2O4S. The van der Waals surface area contributed by atoms with Crippen LogP contribution in [0.4, 0.5) is 0 Å². The van der Waals surface area contributed by atoms with Gasteiger partial charge in [-0.1, -0.05) is 45.0 Å². The minimum atomic E-state index is -3.45. The number of rotatable bonds is 8. The van der Waals surface area contributed by atoms with Gasteiger partial charge >= 0.3 is 0 Å². The van der Waals surface area contributed by atoms with Gasteiger partial charge in [0.2, 0.25) is 10.0 Å². The Bertz CT molecular complexity index is 942. The van der Waals surface area contributed by atoms with Crippen LogP contribution in [0.15, 0.2) is 53.4 Å². The van der Waals surface area contributed by atoms with Gasteiger partial charge in [0.1, 0.15) is 5.75 Å². The molecule has 0 unspecified atom stereocenters. The van der Waals surface area contributed by atoms with Gasteiger partial charge in [-0.3, -0.25) is 4.79 Å². The van der Waals surface area contributed by atoms with Gasteiger partial charge in [0, 0.05) is 12.6 Å². The van der Waals surface area contributed by atoms with Crippen LogP contribution in [0.2, 0.25) is 0 Å². The molecule has 0 aliphatic heterocycles. The summed E-state index contributed by atoms with van der Waals surface area (Å²) in [7, 11) is -3.45. The van der Waals surface area contributed by atoms with Crippen molar-refractivity contribution >= 4 is 15.9 Å². The molecule has 2 N–H and O–H groups in total. The number of amides is 1. The normalized spacial score (nSPS) is 14.4. The molecule has 0 radical (unpaired) electrons. The Balaban J connectivity index is 1.45. The number of ether oxygens (including phenoxy) is 1. The van der Waals surface area contributed by atoms with Crippen molar-refractivity contribution in [1.82, 2.24) is 10.0 Å². The van der Waals surface area contributed by atoms with Gasteiger partial charge in [0.15, 0.2) is 6.61 Å². The lowest BCUT2D eigenvalue weighted by molar-refractivity contribution is -0.123. The predicted molar refractivity (Wildman–Crippen MR) is 112 cm³/mol. The molecule has 6 nitrogen and oxygen atoms in total. The molecule has 156 valence electrons. The standard InChI is InChI=1S/C22H28N2O4S/c1-22(2,3)17-6-10-19(11-7-17)28-15-21(25)23-14-16-4-12-20(13-5-16)29(26,27)24-18-8-9-18/h4-7,10-13,18,24H,8-9,14-15H2,1-3H3,(H,23,25). The Morgan fingerprint density at radius 3 is 2.21 bits per heavy atom. The first-order valence-electron chi connectivity index (χ1n) is 9.75. The molecule has 1 aliphatic carbocycles. The number of sulfonamides is 1. The lowest BCUT2D eigenvalue weighted by Crippen LogP contribution is -2.28. The topological polar surface area (TPSA) is 84.5 Å². The third-order valence-corrected chi connectivity index (χ3v) is 6.25. The van der Waals surface area contributed by atoms with Crippen LogP contribution < -0.4 is 14.8 Å². The fraction of sp³-hybridized carbons (Fsp3) is 0.409. The summed E-state index contributed by atoms with van der Waals surface area (Å²) in [4.78, 5) is 12.3. The Labute approximate surface area is 172 Å². The highest BCUT2D eigenvalue weighted by Crippen LogP contribution is 2.24. The second-order valence-corrected chi connectivity index (χ2v) is 10.1. The molecule has 0 bridgehead atoms. The first-order chi connectivity index (χ1) is 13.6. The molecule has 1 amide bonds. The summed E-state index contributed by atoms with van der Waals surface area (Å²) in [5.74, 6) is 0.405. The van der Waals surface area contributed by atoms with E-state index in [9.17, 15) is 13.2 Å². The van der Waals surface area contributed by atoms with Crippen molar-refractivity contribution in [2.75, 3.05) is 6.61 Å². The zero-order chi connectivity index (χ0) is 21.1. The van der Waals surface area contributed by atoms with Crippen molar-refractivity contribution in [1.29, 1.82) is 0 Å². The smallest absolute Gasteiger partial charge is 0.258 e. The molecule has 0 atom stereocenters. The van der Waals surface area contributed by atoms with E-state index < -0.39 is 10.0 Å². The van der Waals surface area contributed by atoms with Crippen LogP contribution in [0.3, 0.4) is 0 Å². The average Bonchev–Trinajstić information content (AvgIpc) is 3.48. The van der Waals surface area contributed by atoms with Crippen molar-refractivity contribution in [3.05, 3.63) is 59.7 Å². The second kappa shape index (κ2) is 8.55. The lowest BCUT2D eigenvalue weighted by atomic mass is 9.87. The Morgan fingerprint density at radius 2 is 1.66 bits per heavy atom. The summed E-state index contributed by atoms with van der Waals surface area (Å²) in [5, 5.41) is 2.78. The average molecular weight is 417 g/mol. The van der Waals surface area contributed by atoms with E-state index in [0.717, 1.165) is 18.4 Å². The van der Waals surface area contributed by atoms with Crippen LogP contribution in [0.5, 0.6) is 5.75 Å². The Morgan fingerprint density at radius 1 is 1.03 bits per heavy atom.